The Labute approximate surface area is 163 Å². The van der Waals surface area contributed by atoms with Gasteiger partial charge in [0.15, 0.2) is 0 Å². The summed E-state index contributed by atoms with van der Waals surface area (Å²) in [6, 6.07) is 5.23. The largest absolute Gasteiger partial charge is 0.497 e. The maximum Gasteiger partial charge on any atom is 0.259 e. The molecule has 1 N–H and O–H groups in total. The number of aromatic nitrogens is 3. The fraction of sp³-hybridized carbons (Fsp3) is 0.381. The van der Waals surface area contributed by atoms with Gasteiger partial charge in [0.1, 0.15) is 17.1 Å². The standard InChI is InChI=1S/C21H24N4O3/c1-3-24-10-8-22-20(24)14-5-4-9-25(13-14)21(27)17-12-23-18-7-6-15(28-2)11-16(18)19(17)26/h6-8,10-12,14H,3-5,9,13H2,1-2H3,(H,23,26)/t14-/m0/s1. The number of nitrogens with zero attached hydrogens (tertiary/aromatic N) is 3. The van der Waals surface area contributed by atoms with Crippen molar-refractivity contribution in [3.8, 4) is 5.75 Å². The van der Waals surface area contributed by atoms with Crippen LogP contribution < -0.4 is 10.2 Å². The van der Waals surface area contributed by atoms with Gasteiger partial charge in [-0.3, -0.25) is 9.59 Å². The van der Waals surface area contributed by atoms with Crippen molar-refractivity contribution in [2.24, 2.45) is 0 Å². The third kappa shape index (κ3) is 3.17. The monoisotopic (exact) mass is 380 g/mol. The number of carbonyl (C=O) groups excluding carboxylic acids is 1. The molecule has 1 saturated heterocycles. The second kappa shape index (κ2) is 7.50. The molecule has 1 atom stereocenters. The summed E-state index contributed by atoms with van der Waals surface area (Å²) < 4.78 is 7.33. The molecule has 0 spiro atoms. The molecule has 3 aromatic rings. The summed E-state index contributed by atoms with van der Waals surface area (Å²) in [4.78, 5) is 35.4. The smallest absolute Gasteiger partial charge is 0.259 e. The van der Waals surface area contributed by atoms with Gasteiger partial charge in [0.25, 0.3) is 5.91 Å². The first-order valence-corrected chi connectivity index (χ1v) is 9.62. The molecule has 1 amide bonds. The number of amides is 1. The minimum atomic E-state index is -0.269. The van der Waals surface area contributed by atoms with Crippen LogP contribution in [0.15, 0.2) is 41.6 Å². The molecule has 7 nitrogen and oxygen atoms in total. The Morgan fingerprint density at radius 2 is 2.25 bits per heavy atom. The number of imidazole rings is 1. The summed E-state index contributed by atoms with van der Waals surface area (Å²) in [7, 11) is 1.55. The number of pyridine rings is 1. The van der Waals surface area contributed by atoms with Crippen LogP contribution >= 0.6 is 0 Å². The van der Waals surface area contributed by atoms with Crippen molar-refractivity contribution in [3.63, 3.8) is 0 Å². The normalized spacial score (nSPS) is 17.1. The zero-order valence-electron chi connectivity index (χ0n) is 16.1. The molecule has 1 aromatic carbocycles. The van der Waals surface area contributed by atoms with E-state index in [1.165, 1.54) is 6.20 Å². The number of likely N-dealkylation sites (tertiary alicyclic amines) is 1. The average molecular weight is 380 g/mol. The number of methoxy groups -OCH3 is 1. The molecule has 146 valence electrons. The lowest BCUT2D eigenvalue weighted by atomic mass is 9.96. The van der Waals surface area contributed by atoms with Crippen LogP contribution in [0, 0.1) is 0 Å². The van der Waals surface area contributed by atoms with Crippen LogP contribution in [0.2, 0.25) is 0 Å². The fourth-order valence-corrected chi connectivity index (χ4v) is 3.97. The molecular weight excluding hydrogens is 356 g/mol. The number of nitrogens with one attached hydrogen (secondary N) is 1. The molecule has 0 unspecified atom stereocenters. The van der Waals surface area contributed by atoms with Gasteiger partial charge in [0.2, 0.25) is 5.43 Å². The minimum Gasteiger partial charge on any atom is -0.497 e. The van der Waals surface area contributed by atoms with Gasteiger partial charge in [-0.1, -0.05) is 0 Å². The van der Waals surface area contributed by atoms with Gasteiger partial charge in [-0.05, 0) is 38.0 Å². The minimum absolute atomic E-state index is 0.167. The first kappa shape index (κ1) is 18.3. The summed E-state index contributed by atoms with van der Waals surface area (Å²) in [5.41, 5.74) is 0.582. The molecule has 1 aliphatic rings. The number of H-pyrrole nitrogens is 1. The SMILES string of the molecule is CCn1ccnc1[C@H]1CCCN(C(=O)c2c[nH]c3ccc(OC)cc3c2=O)C1. The molecule has 0 aliphatic carbocycles. The number of piperidine rings is 1. The lowest BCUT2D eigenvalue weighted by Crippen LogP contribution is -2.41. The van der Waals surface area contributed by atoms with E-state index in [0.29, 0.717) is 29.7 Å². The van der Waals surface area contributed by atoms with Crippen molar-refractivity contribution in [1.82, 2.24) is 19.4 Å². The Morgan fingerprint density at radius 1 is 1.39 bits per heavy atom. The van der Waals surface area contributed by atoms with Gasteiger partial charge >= 0.3 is 0 Å². The Kier molecular flexibility index (Phi) is 4.90. The topological polar surface area (TPSA) is 80.2 Å². The van der Waals surface area contributed by atoms with E-state index in [0.717, 1.165) is 25.2 Å². The number of carbonyl (C=O) groups is 1. The molecule has 7 heteroatoms. The van der Waals surface area contributed by atoms with E-state index < -0.39 is 0 Å². The quantitative estimate of drug-likeness (QED) is 0.755. The van der Waals surface area contributed by atoms with E-state index in [-0.39, 0.29) is 22.8 Å². The second-order valence-electron chi connectivity index (χ2n) is 7.10. The zero-order chi connectivity index (χ0) is 19.7. The van der Waals surface area contributed by atoms with E-state index >= 15 is 0 Å². The highest BCUT2D eigenvalue weighted by atomic mass is 16.5. The summed E-state index contributed by atoms with van der Waals surface area (Å²) >= 11 is 0. The van der Waals surface area contributed by atoms with Gasteiger partial charge in [-0.15, -0.1) is 0 Å². The number of benzene rings is 1. The molecule has 4 rings (SSSR count). The highest BCUT2D eigenvalue weighted by Gasteiger charge is 2.29. The Morgan fingerprint density at radius 3 is 3.04 bits per heavy atom. The first-order valence-electron chi connectivity index (χ1n) is 9.62. The molecule has 3 heterocycles. The van der Waals surface area contributed by atoms with Crippen molar-refractivity contribution in [3.05, 3.63) is 58.4 Å². The Bertz CT molecular complexity index is 1070. The molecule has 28 heavy (non-hydrogen) atoms. The Hall–Kier alpha value is -3.09. The van der Waals surface area contributed by atoms with Crippen LogP contribution in [0.5, 0.6) is 5.75 Å². The lowest BCUT2D eigenvalue weighted by molar-refractivity contribution is 0.0702. The molecular formula is C21H24N4O3. The zero-order valence-corrected chi connectivity index (χ0v) is 16.1. The predicted octanol–water partition coefficient (Wildman–Crippen LogP) is 2.77. The maximum absolute atomic E-state index is 13.1. The second-order valence-corrected chi connectivity index (χ2v) is 7.10. The maximum atomic E-state index is 13.1. The third-order valence-electron chi connectivity index (χ3n) is 5.48. The van der Waals surface area contributed by atoms with Crippen LogP contribution in [-0.2, 0) is 6.54 Å². The third-order valence-corrected chi connectivity index (χ3v) is 5.48. The van der Waals surface area contributed by atoms with E-state index in [2.05, 4.69) is 21.5 Å². The van der Waals surface area contributed by atoms with Gasteiger partial charge in [0, 0.05) is 55.0 Å². The Balaban J connectivity index is 1.63. The molecule has 2 aromatic heterocycles. The molecule has 1 aliphatic heterocycles. The van der Waals surface area contributed by atoms with Crippen molar-refractivity contribution >= 4 is 16.8 Å². The van der Waals surface area contributed by atoms with Gasteiger partial charge < -0.3 is 19.2 Å². The number of rotatable bonds is 4. The summed E-state index contributed by atoms with van der Waals surface area (Å²) in [6.45, 7) is 4.16. The highest BCUT2D eigenvalue weighted by molar-refractivity contribution is 5.97. The van der Waals surface area contributed by atoms with Crippen molar-refractivity contribution in [2.45, 2.75) is 32.2 Å². The van der Waals surface area contributed by atoms with E-state index in [1.54, 1.807) is 36.4 Å². The number of hydrogen-bond acceptors (Lipinski definition) is 4. The van der Waals surface area contributed by atoms with Crippen molar-refractivity contribution < 1.29 is 9.53 Å². The van der Waals surface area contributed by atoms with Crippen LogP contribution in [0.3, 0.4) is 0 Å². The van der Waals surface area contributed by atoms with Gasteiger partial charge in [-0.25, -0.2) is 4.98 Å². The van der Waals surface area contributed by atoms with Crippen molar-refractivity contribution in [1.29, 1.82) is 0 Å². The fourth-order valence-electron chi connectivity index (χ4n) is 3.97. The first-order chi connectivity index (χ1) is 13.6. The highest BCUT2D eigenvalue weighted by Crippen LogP contribution is 2.27. The van der Waals surface area contributed by atoms with Crippen LogP contribution in [0.4, 0.5) is 0 Å². The molecule has 0 bridgehead atoms. The van der Waals surface area contributed by atoms with E-state index in [4.69, 9.17) is 4.74 Å². The molecule has 0 radical (unpaired) electrons. The summed E-state index contributed by atoms with van der Waals surface area (Å²) in [5.74, 6) is 1.56. The number of ether oxygens (including phenoxy) is 1. The van der Waals surface area contributed by atoms with E-state index in [9.17, 15) is 9.59 Å². The van der Waals surface area contributed by atoms with Gasteiger partial charge in [0.05, 0.1) is 7.11 Å². The summed E-state index contributed by atoms with van der Waals surface area (Å²) in [6.07, 6.45) is 7.19. The average Bonchev–Trinajstić information content (AvgIpc) is 3.22. The molecule has 0 saturated carbocycles. The number of aromatic amines is 1. The van der Waals surface area contributed by atoms with Gasteiger partial charge in [-0.2, -0.15) is 0 Å². The van der Waals surface area contributed by atoms with Crippen LogP contribution in [0.1, 0.15) is 41.9 Å². The van der Waals surface area contributed by atoms with E-state index in [1.807, 2.05) is 6.20 Å². The summed E-state index contributed by atoms with van der Waals surface area (Å²) in [5, 5.41) is 0.459. The number of hydrogen-bond donors (Lipinski definition) is 1. The lowest BCUT2D eigenvalue weighted by Gasteiger charge is -2.32. The number of fused-ring (bicyclic) bond motifs is 1. The molecule has 1 fully saturated rings. The van der Waals surface area contributed by atoms with Crippen molar-refractivity contribution in [2.75, 3.05) is 20.2 Å². The van der Waals surface area contributed by atoms with Crippen LogP contribution in [0.25, 0.3) is 10.9 Å². The predicted molar refractivity (Wildman–Crippen MR) is 107 cm³/mol. The number of aryl methyl sites for hydroxylation is 1. The van der Waals surface area contributed by atoms with Crippen LogP contribution in [-0.4, -0.2) is 45.5 Å².